The van der Waals surface area contributed by atoms with Crippen molar-refractivity contribution in [1.82, 2.24) is 14.9 Å². The van der Waals surface area contributed by atoms with E-state index in [1.807, 2.05) is 46.1 Å². The SMILES string of the molecule is COc1cc([N+](=O)[O-])ccc1-n1c(C)cc([C@H]2[C@H](c3ccccn3)NC(=S)N2c2ccc(N(C)C)cc2)c1C. The lowest BCUT2D eigenvalue weighted by Crippen LogP contribution is -2.29. The summed E-state index contributed by atoms with van der Waals surface area (Å²) in [6.07, 6.45) is 1.79. The number of pyridine rings is 1. The van der Waals surface area contributed by atoms with Crippen molar-refractivity contribution >= 4 is 34.4 Å². The van der Waals surface area contributed by atoms with Crippen molar-refractivity contribution in [3.63, 3.8) is 0 Å². The van der Waals surface area contributed by atoms with E-state index in [-0.39, 0.29) is 17.8 Å². The van der Waals surface area contributed by atoms with Crippen molar-refractivity contribution in [2.45, 2.75) is 25.9 Å². The topological polar surface area (TPSA) is 88.7 Å². The lowest BCUT2D eigenvalue weighted by molar-refractivity contribution is -0.384. The van der Waals surface area contributed by atoms with Crippen molar-refractivity contribution in [3.8, 4) is 11.4 Å². The third kappa shape index (κ3) is 4.67. The van der Waals surface area contributed by atoms with Crippen LogP contribution in [0.4, 0.5) is 17.1 Å². The number of benzene rings is 2. The molecule has 5 rings (SSSR count). The summed E-state index contributed by atoms with van der Waals surface area (Å²) in [4.78, 5) is 19.8. The number of nitrogens with one attached hydrogen (secondary N) is 1. The Kier molecular flexibility index (Phi) is 6.96. The van der Waals surface area contributed by atoms with E-state index < -0.39 is 4.92 Å². The summed E-state index contributed by atoms with van der Waals surface area (Å²) >= 11 is 5.90. The van der Waals surface area contributed by atoms with Crippen LogP contribution in [0.1, 0.15) is 34.7 Å². The number of thiocarbonyl (C=S) groups is 1. The molecule has 9 nitrogen and oxygen atoms in total. The first-order chi connectivity index (χ1) is 18.7. The molecule has 1 fully saturated rings. The second-order valence-electron chi connectivity index (χ2n) is 9.68. The van der Waals surface area contributed by atoms with Crippen LogP contribution >= 0.6 is 12.2 Å². The summed E-state index contributed by atoms with van der Waals surface area (Å²) in [5.41, 5.74) is 6.67. The van der Waals surface area contributed by atoms with Crippen molar-refractivity contribution < 1.29 is 9.66 Å². The molecule has 0 unspecified atom stereocenters. The van der Waals surface area contributed by atoms with Crippen molar-refractivity contribution in [3.05, 3.63) is 106 Å². The Bertz CT molecular complexity index is 1530. The van der Waals surface area contributed by atoms with E-state index in [1.54, 1.807) is 12.3 Å². The van der Waals surface area contributed by atoms with Gasteiger partial charge in [-0.25, -0.2) is 0 Å². The summed E-state index contributed by atoms with van der Waals surface area (Å²) in [7, 11) is 5.55. The Morgan fingerprint density at radius 1 is 1.08 bits per heavy atom. The number of nitrogens with zero attached hydrogens (tertiary/aromatic N) is 5. The first-order valence-electron chi connectivity index (χ1n) is 12.5. The quantitative estimate of drug-likeness (QED) is 0.182. The molecule has 10 heteroatoms. The Morgan fingerprint density at radius 3 is 2.44 bits per heavy atom. The second-order valence-corrected chi connectivity index (χ2v) is 10.1. The number of non-ortho nitro benzene ring substituents is 1. The zero-order valence-electron chi connectivity index (χ0n) is 22.5. The molecule has 2 aromatic carbocycles. The van der Waals surface area contributed by atoms with Gasteiger partial charge in [0.1, 0.15) is 5.75 Å². The average Bonchev–Trinajstić information content (AvgIpc) is 3.43. The minimum Gasteiger partial charge on any atom is -0.494 e. The first-order valence-corrected chi connectivity index (χ1v) is 12.9. The molecule has 0 amide bonds. The van der Waals surface area contributed by atoms with Crippen LogP contribution < -0.4 is 19.9 Å². The maximum Gasteiger partial charge on any atom is 0.273 e. The third-order valence-electron chi connectivity index (χ3n) is 7.15. The van der Waals surface area contributed by atoms with Crippen LogP contribution in [0.2, 0.25) is 0 Å². The van der Waals surface area contributed by atoms with Gasteiger partial charge in [0.2, 0.25) is 0 Å². The molecule has 1 N–H and O–H groups in total. The monoisotopic (exact) mass is 542 g/mol. The van der Waals surface area contributed by atoms with Gasteiger partial charge in [-0.15, -0.1) is 0 Å². The largest absolute Gasteiger partial charge is 0.494 e. The van der Waals surface area contributed by atoms with Crippen LogP contribution in [-0.2, 0) is 0 Å². The normalized spacial score (nSPS) is 16.7. The van der Waals surface area contributed by atoms with E-state index in [4.69, 9.17) is 17.0 Å². The summed E-state index contributed by atoms with van der Waals surface area (Å²) in [5.74, 6) is 0.426. The molecule has 3 heterocycles. The highest BCUT2D eigenvalue weighted by atomic mass is 32.1. The smallest absolute Gasteiger partial charge is 0.273 e. The van der Waals surface area contributed by atoms with Gasteiger partial charge < -0.3 is 24.4 Å². The summed E-state index contributed by atoms with van der Waals surface area (Å²) in [6.45, 7) is 4.07. The van der Waals surface area contributed by atoms with Gasteiger partial charge in [0.15, 0.2) is 5.11 Å². The number of hydrogen-bond acceptors (Lipinski definition) is 6. The molecule has 0 radical (unpaired) electrons. The second kappa shape index (κ2) is 10.4. The maximum absolute atomic E-state index is 11.4. The molecule has 2 aromatic heterocycles. The Labute approximate surface area is 232 Å². The van der Waals surface area contributed by atoms with E-state index in [0.29, 0.717) is 10.9 Å². The minimum atomic E-state index is -0.421. The van der Waals surface area contributed by atoms with Crippen LogP contribution in [0.3, 0.4) is 0 Å². The fourth-order valence-electron chi connectivity index (χ4n) is 5.28. The summed E-state index contributed by atoms with van der Waals surface area (Å²) < 4.78 is 7.65. The summed E-state index contributed by atoms with van der Waals surface area (Å²) in [6, 6.07) is 20.6. The van der Waals surface area contributed by atoms with Crippen LogP contribution in [-0.4, -0.2) is 40.8 Å². The molecule has 1 aliphatic heterocycles. The molecule has 1 aliphatic rings. The van der Waals surface area contributed by atoms with E-state index in [1.165, 1.54) is 19.2 Å². The van der Waals surface area contributed by atoms with E-state index >= 15 is 0 Å². The van der Waals surface area contributed by atoms with Crippen LogP contribution in [0.5, 0.6) is 5.75 Å². The zero-order chi connectivity index (χ0) is 27.8. The van der Waals surface area contributed by atoms with Crippen LogP contribution in [0.15, 0.2) is 72.9 Å². The fourth-order valence-corrected chi connectivity index (χ4v) is 5.63. The number of nitro benzene ring substituents is 1. The highest BCUT2D eigenvalue weighted by Crippen LogP contribution is 2.44. The molecule has 1 saturated heterocycles. The number of aromatic nitrogens is 2. The maximum atomic E-state index is 11.4. The number of nitro groups is 1. The molecule has 0 saturated carbocycles. The van der Waals surface area contributed by atoms with Crippen molar-refractivity contribution in [2.24, 2.45) is 0 Å². The lowest BCUT2D eigenvalue weighted by Gasteiger charge is -2.28. The molecule has 4 aromatic rings. The van der Waals surface area contributed by atoms with E-state index in [2.05, 4.69) is 55.0 Å². The molecule has 0 bridgehead atoms. The van der Waals surface area contributed by atoms with E-state index in [0.717, 1.165) is 39.7 Å². The number of rotatable bonds is 7. The van der Waals surface area contributed by atoms with Gasteiger partial charge in [0.05, 0.1) is 41.6 Å². The lowest BCUT2D eigenvalue weighted by atomic mass is 9.96. The van der Waals surface area contributed by atoms with Gasteiger partial charge in [0.25, 0.3) is 5.69 Å². The molecule has 2 atom stereocenters. The molecule has 39 heavy (non-hydrogen) atoms. The van der Waals surface area contributed by atoms with Gasteiger partial charge in [-0.2, -0.15) is 0 Å². The predicted molar refractivity (Wildman–Crippen MR) is 157 cm³/mol. The fraction of sp³-hybridized carbons (Fsp3) is 0.241. The minimum absolute atomic E-state index is 0.0220. The summed E-state index contributed by atoms with van der Waals surface area (Å²) in [5, 5.41) is 15.5. The Morgan fingerprint density at radius 2 is 1.82 bits per heavy atom. The van der Waals surface area contributed by atoms with Gasteiger partial charge in [-0.1, -0.05) is 6.07 Å². The highest BCUT2D eigenvalue weighted by molar-refractivity contribution is 7.80. The van der Waals surface area contributed by atoms with Gasteiger partial charge in [-0.3, -0.25) is 15.1 Å². The zero-order valence-corrected chi connectivity index (χ0v) is 23.3. The van der Waals surface area contributed by atoms with Crippen LogP contribution in [0, 0.1) is 24.0 Å². The predicted octanol–water partition coefficient (Wildman–Crippen LogP) is 5.65. The molecule has 200 valence electrons. The molecular weight excluding hydrogens is 512 g/mol. The first kappa shape index (κ1) is 26.2. The number of ether oxygens (including phenoxy) is 1. The van der Waals surface area contributed by atoms with Crippen LogP contribution in [0.25, 0.3) is 5.69 Å². The molecule has 0 spiro atoms. The van der Waals surface area contributed by atoms with Gasteiger partial charge >= 0.3 is 0 Å². The van der Waals surface area contributed by atoms with Crippen molar-refractivity contribution in [2.75, 3.05) is 31.0 Å². The number of anilines is 2. The third-order valence-corrected chi connectivity index (χ3v) is 7.46. The van der Waals surface area contributed by atoms with E-state index in [9.17, 15) is 10.1 Å². The molecule has 0 aliphatic carbocycles. The number of aryl methyl sites for hydroxylation is 1. The van der Waals surface area contributed by atoms with Crippen molar-refractivity contribution in [1.29, 1.82) is 0 Å². The average molecular weight is 543 g/mol. The Balaban J connectivity index is 1.66. The standard InChI is InChI=1S/C29H30N6O3S/c1-18-16-23(19(2)33(18)25-14-13-22(35(36)37)17-26(25)38-5)28-27(24-8-6-7-15-30-24)31-29(39)34(28)21-11-9-20(10-12-21)32(3)4/h6-17,27-28H,1-5H3,(H,31,39)/t27-,28-/m0/s1. The highest BCUT2D eigenvalue weighted by Gasteiger charge is 2.42. The number of methoxy groups -OCH3 is 1. The Hall–Kier alpha value is -4.44. The van der Waals surface area contributed by atoms with Gasteiger partial charge in [0, 0.05) is 49.1 Å². The molecular formula is C29H30N6O3S. The number of hydrogen-bond donors (Lipinski definition) is 1. The van der Waals surface area contributed by atoms with Gasteiger partial charge in [-0.05, 0) is 80.2 Å².